The van der Waals surface area contributed by atoms with E-state index in [2.05, 4.69) is 15.9 Å². The maximum atomic E-state index is 12.0. The van der Waals surface area contributed by atoms with Crippen molar-refractivity contribution < 1.29 is 19.4 Å². The molecule has 0 saturated heterocycles. The minimum Gasteiger partial charge on any atom is -0.479 e. The molecule has 0 spiro atoms. The molecule has 1 rings (SSSR count). The van der Waals surface area contributed by atoms with Gasteiger partial charge in [0.15, 0.2) is 6.04 Å². The molecule has 0 bridgehead atoms. The molecular formula is C14H17BrClNO4. The van der Waals surface area contributed by atoms with Crippen molar-refractivity contribution in [1.29, 1.82) is 0 Å². The van der Waals surface area contributed by atoms with Crippen LogP contribution in [0.1, 0.15) is 32.4 Å². The van der Waals surface area contributed by atoms with Gasteiger partial charge in [-0.2, -0.15) is 0 Å². The first-order valence-electron chi connectivity index (χ1n) is 6.16. The van der Waals surface area contributed by atoms with E-state index in [-0.39, 0.29) is 0 Å². The predicted octanol–water partition coefficient (Wildman–Crippen LogP) is 4.10. The highest BCUT2D eigenvalue weighted by Gasteiger charge is 2.31. The largest absolute Gasteiger partial charge is 0.479 e. The third-order valence-electron chi connectivity index (χ3n) is 2.56. The van der Waals surface area contributed by atoms with Crippen LogP contribution in [-0.2, 0) is 9.53 Å². The Morgan fingerprint density at radius 1 is 1.38 bits per heavy atom. The van der Waals surface area contributed by atoms with Crippen LogP contribution in [0.15, 0.2) is 22.7 Å². The number of carbonyl (C=O) groups excluding carboxylic acids is 1. The highest BCUT2D eigenvalue weighted by molar-refractivity contribution is 9.10. The van der Waals surface area contributed by atoms with Crippen molar-refractivity contribution in [3.63, 3.8) is 0 Å². The van der Waals surface area contributed by atoms with Gasteiger partial charge in [0.1, 0.15) is 5.60 Å². The summed E-state index contributed by atoms with van der Waals surface area (Å²) in [7, 11) is 1.38. The normalized spacial score (nSPS) is 12.7. The lowest BCUT2D eigenvalue weighted by Gasteiger charge is -2.28. The summed E-state index contributed by atoms with van der Waals surface area (Å²) in [5, 5.41) is 9.77. The Bertz CT molecular complexity index is 556. The van der Waals surface area contributed by atoms with Gasteiger partial charge in [0, 0.05) is 11.5 Å². The molecule has 5 nitrogen and oxygen atoms in total. The van der Waals surface area contributed by atoms with Crippen molar-refractivity contribution in [2.24, 2.45) is 0 Å². The summed E-state index contributed by atoms with van der Waals surface area (Å²) in [4.78, 5) is 24.6. The van der Waals surface area contributed by atoms with E-state index in [9.17, 15) is 14.7 Å². The summed E-state index contributed by atoms with van der Waals surface area (Å²) in [6.45, 7) is 5.14. The van der Waals surface area contributed by atoms with E-state index in [0.717, 1.165) is 4.90 Å². The molecule has 1 aromatic rings. The molecule has 0 aliphatic rings. The van der Waals surface area contributed by atoms with Crippen LogP contribution in [0, 0.1) is 0 Å². The van der Waals surface area contributed by atoms with E-state index >= 15 is 0 Å². The van der Waals surface area contributed by atoms with Crippen molar-refractivity contribution in [2.75, 3.05) is 7.05 Å². The number of ether oxygens (including phenoxy) is 1. The summed E-state index contributed by atoms with van der Waals surface area (Å²) in [6.07, 6.45) is -0.714. The Kier molecular flexibility index (Phi) is 5.64. The predicted molar refractivity (Wildman–Crippen MR) is 83.5 cm³/mol. The van der Waals surface area contributed by atoms with Crippen molar-refractivity contribution in [1.82, 2.24) is 4.90 Å². The number of carbonyl (C=O) groups is 2. The average molecular weight is 379 g/mol. The lowest BCUT2D eigenvalue weighted by molar-refractivity contribution is -0.142. The minimum atomic E-state index is -1.18. The molecular weight excluding hydrogens is 362 g/mol. The van der Waals surface area contributed by atoms with E-state index in [1.54, 1.807) is 32.9 Å². The molecule has 21 heavy (non-hydrogen) atoms. The molecule has 0 saturated carbocycles. The van der Waals surface area contributed by atoms with Gasteiger partial charge in [-0.3, -0.25) is 4.90 Å². The summed E-state index contributed by atoms with van der Waals surface area (Å²) in [5.41, 5.74) is -0.310. The van der Waals surface area contributed by atoms with Crippen LogP contribution >= 0.6 is 27.5 Å². The number of nitrogens with zero attached hydrogens (tertiary/aromatic N) is 1. The van der Waals surface area contributed by atoms with Gasteiger partial charge in [0.05, 0.1) is 5.02 Å². The monoisotopic (exact) mass is 377 g/mol. The maximum Gasteiger partial charge on any atom is 0.411 e. The highest BCUT2D eigenvalue weighted by atomic mass is 79.9. The molecule has 0 heterocycles. The number of halogens is 2. The van der Waals surface area contributed by atoms with E-state index in [1.807, 2.05) is 0 Å². The van der Waals surface area contributed by atoms with Crippen LogP contribution in [0.4, 0.5) is 4.79 Å². The van der Waals surface area contributed by atoms with Crippen molar-refractivity contribution in [3.05, 3.63) is 33.3 Å². The molecule has 1 unspecified atom stereocenters. The highest BCUT2D eigenvalue weighted by Crippen LogP contribution is 2.29. The smallest absolute Gasteiger partial charge is 0.411 e. The zero-order valence-corrected chi connectivity index (χ0v) is 14.5. The van der Waals surface area contributed by atoms with E-state index in [0.29, 0.717) is 15.1 Å². The zero-order valence-electron chi connectivity index (χ0n) is 12.2. The molecule has 7 heteroatoms. The fraction of sp³-hybridized carbons (Fsp3) is 0.429. The van der Waals surface area contributed by atoms with Crippen LogP contribution in [0.2, 0.25) is 5.02 Å². The van der Waals surface area contributed by atoms with Gasteiger partial charge in [-0.25, -0.2) is 9.59 Å². The van der Waals surface area contributed by atoms with Gasteiger partial charge in [-0.15, -0.1) is 0 Å². The quantitative estimate of drug-likeness (QED) is 0.860. The van der Waals surface area contributed by atoms with Gasteiger partial charge < -0.3 is 9.84 Å². The standard InChI is InChI=1S/C14H17BrClNO4/c1-14(2,3)21-13(20)17(4)11(12(18)19)8-5-6-9(15)10(16)7-8/h5-7,11H,1-4H3,(H,18,19). The Balaban J connectivity index is 3.09. The Morgan fingerprint density at radius 2 is 1.95 bits per heavy atom. The first-order chi connectivity index (χ1) is 9.53. The van der Waals surface area contributed by atoms with Crippen LogP contribution in [0.3, 0.4) is 0 Å². The second-order valence-electron chi connectivity index (χ2n) is 5.51. The Morgan fingerprint density at radius 3 is 2.38 bits per heavy atom. The number of amides is 1. The molecule has 1 amide bonds. The van der Waals surface area contributed by atoms with Gasteiger partial charge in [0.25, 0.3) is 0 Å². The number of hydrogen-bond donors (Lipinski definition) is 1. The molecule has 1 atom stereocenters. The van der Waals surface area contributed by atoms with E-state index in [4.69, 9.17) is 16.3 Å². The zero-order chi connectivity index (χ0) is 16.4. The molecule has 0 aliphatic carbocycles. The lowest BCUT2D eigenvalue weighted by atomic mass is 10.1. The summed E-state index contributed by atoms with van der Waals surface area (Å²) in [6, 6.07) is 3.56. The topological polar surface area (TPSA) is 66.8 Å². The van der Waals surface area contributed by atoms with Crippen molar-refractivity contribution in [3.8, 4) is 0 Å². The van der Waals surface area contributed by atoms with Gasteiger partial charge in [-0.1, -0.05) is 17.7 Å². The summed E-state index contributed by atoms with van der Waals surface area (Å²) >= 11 is 9.22. The second kappa shape index (κ2) is 6.66. The maximum absolute atomic E-state index is 12.0. The average Bonchev–Trinajstić information content (AvgIpc) is 2.31. The van der Waals surface area contributed by atoms with E-state index < -0.39 is 23.7 Å². The molecule has 0 aromatic heterocycles. The number of carboxylic acids is 1. The third kappa shape index (κ3) is 4.89. The minimum absolute atomic E-state index is 0.372. The van der Waals surface area contributed by atoms with Gasteiger partial charge in [0.2, 0.25) is 0 Å². The van der Waals surface area contributed by atoms with Crippen LogP contribution < -0.4 is 0 Å². The SMILES string of the molecule is CN(C(=O)OC(C)(C)C)C(C(=O)O)c1ccc(Br)c(Cl)c1. The number of carboxylic acid groups (broad SMARTS) is 1. The van der Waals surface area contributed by atoms with Gasteiger partial charge >= 0.3 is 12.1 Å². The lowest BCUT2D eigenvalue weighted by Crippen LogP contribution is -2.39. The first-order valence-corrected chi connectivity index (χ1v) is 7.33. The fourth-order valence-electron chi connectivity index (χ4n) is 1.65. The molecule has 0 fully saturated rings. The molecule has 0 aliphatic heterocycles. The molecule has 1 N–H and O–H groups in total. The molecule has 1 aromatic carbocycles. The van der Waals surface area contributed by atoms with Crippen LogP contribution in [0.5, 0.6) is 0 Å². The Hall–Kier alpha value is -1.27. The number of aliphatic carboxylic acids is 1. The number of hydrogen-bond acceptors (Lipinski definition) is 3. The summed E-state index contributed by atoms with van der Waals surface area (Å²) < 4.78 is 5.84. The Labute approximate surface area is 137 Å². The first kappa shape index (κ1) is 17.8. The van der Waals surface area contributed by atoms with Crippen molar-refractivity contribution in [2.45, 2.75) is 32.4 Å². The van der Waals surface area contributed by atoms with Crippen LogP contribution in [0.25, 0.3) is 0 Å². The summed E-state index contributed by atoms with van der Waals surface area (Å²) in [5.74, 6) is -1.17. The third-order valence-corrected chi connectivity index (χ3v) is 3.79. The second-order valence-corrected chi connectivity index (χ2v) is 6.77. The number of rotatable bonds is 3. The van der Waals surface area contributed by atoms with E-state index in [1.165, 1.54) is 13.1 Å². The number of benzene rings is 1. The molecule has 0 radical (unpaired) electrons. The molecule has 116 valence electrons. The number of likely N-dealkylation sites (N-methyl/N-ethyl adjacent to an activating group) is 1. The van der Waals surface area contributed by atoms with Crippen molar-refractivity contribution >= 4 is 39.6 Å². The van der Waals surface area contributed by atoms with Gasteiger partial charge in [-0.05, 0) is 54.4 Å². The van der Waals surface area contributed by atoms with Crippen LogP contribution in [-0.4, -0.2) is 34.7 Å². The fourth-order valence-corrected chi connectivity index (χ4v) is 2.09.